The fourth-order valence-electron chi connectivity index (χ4n) is 9.53. The molecule has 294 valence electrons. The molecule has 0 atom stereocenters. The van der Waals surface area contributed by atoms with Gasteiger partial charge in [-0.15, -0.1) is 11.3 Å². The Labute approximate surface area is 366 Å². The standard InChI is InChI=1S/C57H35N5S/c1-5-16-36(17-6-1)39-28-32-49-46(34-39)42-24-13-14-26-48(42)61(49)41-29-33-51-47(35-41)43-30-31-44-52-45(25-15-27-50(52)62(53(44)54(43)63-51)40-22-11-4-12-23-40)57-59-55(37-18-7-2-8-19-37)58-56(60-57)38-20-9-3-10-21-38/h1-35H. The molecule has 4 heterocycles. The molecule has 13 aromatic rings. The van der Waals surface area contributed by atoms with E-state index in [2.05, 4.69) is 185 Å². The Kier molecular flexibility index (Phi) is 8.01. The minimum Gasteiger partial charge on any atom is -0.309 e. The molecular formula is C57H35N5S. The molecule has 63 heavy (non-hydrogen) atoms. The summed E-state index contributed by atoms with van der Waals surface area (Å²) in [6.45, 7) is 0. The van der Waals surface area contributed by atoms with Crippen molar-refractivity contribution in [2.45, 2.75) is 0 Å². The highest BCUT2D eigenvalue weighted by Gasteiger charge is 2.23. The van der Waals surface area contributed by atoms with Crippen molar-refractivity contribution < 1.29 is 0 Å². The number of rotatable bonds is 6. The normalized spacial score (nSPS) is 11.8. The summed E-state index contributed by atoms with van der Waals surface area (Å²) in [7, 11) is 0. The van der Waals surface area contributed by atoms with E-state index in [0.717, 1.165) is 44.4 Å². The molecule has 0 aliphatic rings. The van der Waals surface area contributed by atoms with Gasteiger partial charge in [-0.05, 0) is 65.7 Å². The van der Waals surface area contributed by atoms with Crippen LogP contribution in [-0.4, -0.2) is 24.1 Å². The number of hydrogen-bond acceptors (Lipinski definition) is 4. The second-order valence-corrected chi connectivity index (χ2v) is 17.0. The van der Waals surface area contributed by atoms with Crippen molar-refractivity contribution in [1.82, 2.24) is 24.1 Å². The van der Waals surface area contributed by atoms with E-state index in [0.29, 0.717) is 17.5 Å². The van der Waals surface area contributed by atoms with Crippen molar-refractivity contribution in [1.29, 1.82) is 0 Å². The zero-order valence-corrected chi connectivity index (χ0v) is 34.7. The number of thiophene rings is 1. The molecule has 5 nitrogen and oxygen atoms in total. The lowest BCUT2D eigenvalue weighted by Crippen LogP contribution is -2.00. The Morgan fingerprint density at radius 2 is 0.937 bits per heavy atom. The lowest BCUT2D eigenvalue weighted by atomic mass is 10.0. The lowest BCUT2D eigenvalue weighted by Gasteiger charge is -2.10. The summed E-state index contributed by atoms with van der Waals surface area (Å²) in [4.78, 5) is 15.4. The molecule has 13 rings (SSSR count). The highest BCUT2D eigenvalue weighted by Crippen LogP contribution is 2.46. The van der Waals surface area contributed by atoms with Gasteiger partial charge in [-0.25, -0.2) is 15.0 Å². The van der Waals surface area contributed by atoms with E-state index in [-0.39, 0.29) is 0 Å². The first-order valence-corrected chi connectivity index (χ1v) is 22.0. The Morgan fingerprint density at radius 3 is 1.67 bits per heavy atom. The van der Waals surface area contributed by atoms with Crippen molar-refractivity contribution in [3.63, 3.8) is 0 Å². The Morgan fingerprint density at radius 1 is 0.333 bits per heavy atom. The van der Waals surface area contributed by atoms with Crippen molar-refractivity contribution >= 4 is 75.1 Å². The first-order chi connectivity index (χ1) is 31.2. The summed E-state index contributed by atoms with van der Waals surface area (Å²) < 4.78 is 7.35. The third kappa shape index (κ3) is 5.66. The number of fused-ring (bicyclic) bond motifs is 10. The molecule has 0 unspecified atom stereocenters. The highest BCUT2D eigenvalue weighted by atomic mass is 32.1. The maximum atomic E-state index is 5.20. The molecule has 0 spiro atoms. The number of nitrogens with zero attached hydrogens (tertiary/aromatic N) is 5. The predicted octanol–water partition coefficient (Wildman–Crippen LogP) is 15.1. The van der Waals surface area contributed by atoms with Crippen LogP contribution >= 0.6 is 11.3 Å². The number of hydrogen-bond donors (Lipinski definition) is 0. The van der Waals surface area contributed by atoms with Gasteiger partial charge in [-0.2, -0.15) is 0 Å². The van der Waals surface area contributed by atoms with E-state index in [1.54, 1.807) is 0 Å². The molecule has 0 fully saturated rings. The monoisotopic (exact) mass is 821 g/mol. The maximum absolute atomic E-state index is 5.20. The summed E-state index contributed by atoms with van der Waals surface area (Å²) in [5.41, 5.74) is 12.2. The summed E-state index contributed by atoms with van der Waals surface area (Å²) in [6.07, 6.45) is 0. The molecule has 9 aromatic carbocycles. The van der Waals surface area contributed by atoms with Gasteiger partial charge in [0.2, 0.25) is 0 Å². The Balaban J connectivity index is 1.05. The Hall–Kier alpha value is -8.19. The van der Waals surface area contributed by atoms with E-state index in [9.17, 15) is 0 Å². The average Bonchev–Trinajstić information content (AvgIpc) is 4.02. The molecule has 0 N–H and O–H groups in total. The molecule has 0 saturated heterocycles. The zero-order chi connectivity index (χ0) is 41.4. The van der Waals surface area contributed by atoms with Gasteiger partial charge in [0.05, 0.1) is 26.8 Å². The van der Waals surface area contributed by atoms with Gasteiger partial charge < -0.3 is 9.13 Å². The van der Waals surface area contributed by atoms with Crippen molar-refractivity contribution in [3.05, 3.63) is 212 Å². The highest BCUT2D eigenvalue weighted by molar-refractivity contribution is 7.26. The van der Waals surface area contributed by atoms with Gasteiger partial charge >= 0.3 is 0 Å². The molecule has 6 heteroatoms. The number of benzene rings is 9. The first kappa shape index (κ1) is 35.6. The number of aromatic nitrogens is 5. The molecule has 4 aromatic heterocycles. The summed E-state index contributed by atoms with van der Waals surface area (Å²) in [5, 5.41) is 7.23. The molecule has 0 saturated carbocycles. The molecule has 0 radical (unpaired) electrons. The molecule has 0 aliphatic heterocycles. The van der Waals surface area contributed by atoms with Gasteiger partial charge in [0.15, 0.2) is 17.5 Å². The van der Waals surface area contributed by atoms with Gasteiger partial charge in [0, 0.05) is 65.1 Å². The van der Waals surface area contributed by atoms with E-state index in [1.165, 1.54) is 58.6 Å². The smallest absolute Gasteiger partial charge is 0.164 e. The second-order valence-electron chi connectivity index (χ2n) is 16.0. The van der Waals surface area contributed by atoms with Crippen LogP contribution in [0.1, 0.15) is 0 Å². The van der Waals surface area contributed by atoms with Crippen LogP contribution in [0.15, 0.2) is 212 Å². The van der Waals surface area contributed by atoms with E-state index in [4.69, 9.17) is 15.0 Å². The van der Waals surface area contributed by atoms with Crippen LogP contribution in [0, 0.1) is 0 Å². The van der Waals surface area contributed by atoms with E-state index >= 15 is 0 Å². The van der Waals surface area contributed by atoms with Gasteiger partial charge in [0.1, 0.15) is 0 Å². The van der Waals surface area contributed by atoms with Gasteiger partial charge in [-0.3, -0.25) is 0 Å². The molecular weight excluding hydrogens is 787 g/mol. The second kappa shape index (κ2) is 14.2. The van der Waals surface area contributed by atoms with Crippen LogP contribution in [0.5, 0.6) is 0 Å². The quantitative estimate of drug-likeness (QED) is 0.168. The minimum absolute atomic E-state index is 0.642. The summed E-state index contributed by atoms with van der Waals surface area (Å²) in [5.74, 6) is 1.93. The fourth-order valence-corrected chi connectivity index (χ4v) is 10.7. The molecule has 0 amide bonds. The van der Waals surface area contributed by atoms with Crippen LogP contribution in [0.2, 0.25) is 0 Å². The van der Waals surface area contributed by atoms with Crippen LogP contribution in [0.4, 0.5) is 0 Å². The van der Waals surface area contributed by atoms with Crippen LogP contribution in [-0.2, 0) is 0 Å². The van der Waals surface area contributed by atoms with Crippen molar-refractivity contribution in [3.8, 4) is 56.7 Å². The minimum atomic E-state index is 0.642. The van der Waals surface area contributed by atoms with Crippen molar-refractivity contribution in [2.75, 3.05) is 0 Å². The van der Waals surface area contributed by atoms with Crippen molar-refractivity contribution in [2.24, 2.45) is 0 Å². The van der Waals surface area contributed by atoms with Gasteiger partial charge in [-0.1, -0.05) is 158 Å². The third-order valence-corrected chi connectivity index (χ3v) is 13.6. The first-order valence-electron chi connectivity index (χ1n) is 21.2. The van der Waals surface area contributed by atoms with Crippen LogP contribution < -0.4 is 0 Å². The largest absolute Gasteiger partial charge is 0.309 e. The maximum Gasteiger partial charge on any atom is 0.164 e. The zero-order valence-electron chi connectivity index (χ0n) is 33.9. The predicted molar refractivity (Wildman–Crippen MR) is 263 cm³/mol. The van der Waals surface area contributed by atoms with Gasteiger partial charge in [0.25, 0.3) is 0 Å². The topological polar surface area (TPSA) is 48.5 Å². The summed E-state index contributed by atoms with van der Waals surface area (Å²) >= 11 is 1.86. The van der Waals surface area contributed by atoms with E-state index < -0.39 is 0 Å². The molecule has 0 aliphatic carbocycles. The average molecular weight is 822 g/mol. The van der Waals surface area contributed by atoms with E-state index in [1.807, 2.05) is 47.7 Å². The summed E-state index contributed by atoms with van der Waals surface area (Å²) in [6, 6.07) is 75.5. The third-order valence-electron chi connectivity index (χ3n) is 12.4. The van der Waals surface area contributed by atoms with Crippen LogP contribution in [0.3, 0.4) is 0 Å². The molecule has 0 bridgehead atoms. The fraction of sp³-hybridized carbons (Fsp3) is 0. The Bertz CT molecular complexity index is 3830. The van der Waals surface area contributed by atoms with Crippen LogP contribution in [0.25, 0.3) is 120 Å². The number of para-hydroxylation sites is 2. The SMILES string of the molecule is c1ccc(-c2ccc3c(c2)c2ccccc2n3-c2ccc3sc4c(ccc5c6c(-c7nc(-c8ccccc8)nc(-c8ccccc8)n7)cccc6n(-c6ccccc6)c54)c3c2)cc1. The lowest BCUT2D eigenvalue weighted by molar-refractivity contribution is 1.08.